The van der Waals surface area contributed by atoms with Crippen molar-refractivity contribution in [3.05, 3.63) is 26.8 Å². The summed E-state index contributed by atoms with van der Waals surface area (Å²) in [4.78, 5) is 15.6. The third-order valence-electron chi connectivity index (χ3n) is 1.94. The normalized spacial score (nSPS) is 12.9. The van der Waals surface area contributed by atoms with Gasteiger partial charge < -0.3 is 5.11 Å². The van der Waals surface area contributed by atoms with Crippen LogP contribution in [0.3, 0.4) is 0 Å². The molecular formula is C9H13BrN2O2. The molecule has 0 amide bonds. The van der Waals surface area contributed by atoms with Gasteiger partial charge in [-0.25, -0.2) is 4.98 Å². The minimum atomic E-state index is -0.401. The fourth-order valence-electron chi connectivity index (χ4n) is 1.03. The number of nitrogens with zero attached hydrogens (tertiary/aromatic N) is 2. The van der Waals surface area contributed by atoms with Crippen molar-refractivity contribution in [2.24, 2.45) is 0 Å². The monoisotopic (exact) mass is 260 g/mol. The molecule has 0 saturated heterocycles. The van der Waals surface area contributed by atoms with E-state index < -0.39 is 6.10 Å². The van der Waals surface area contributed by atoms with E-state index in [1.165, 1.54) is 10.9 Å². The lowest BCUT2D eigenvalue weighted by Gasteiger charge is -2.07. The van der Waals surface area contributed by atoms with Crippen molar-refractivity contribution in [2.75, 3.05) is 0 Å². The van der Waals surface area contributed by atoms with Crippen molar-refractivity contribution >= 4 is 15.9 Å². The molecule has 1 aromatic heterocycles. The zero-order chi connectivity index (χ0) is 10.7. The predicted octanol–water partition coefficient (Wildman–Crippen LogP) is 1.09. The average Bonchev–Trinajstić information content (AvgIpc) is 2.13. The Balaban J connectivity index is 2.89. The highest BCUT2D eigenvalue weighted by Crippen LogP contribution is 2.06. The van der Waals surface area contributed by atoms with Crippen molar-refractivity contribution < 1.29 is 5.11 Å². The molecule has 0 aliphatic rings. The van der Waals surface area contributed by atoms with Gasteiger partial charge in [0.05, 0.1) is 18.1 Å². The van der Waals surface area contributed by atoms with Crippen LogP contribution in [0.15, 0.2) is 15.6 Å². The van der Waals surface area contributed by atoms with Gasteiger partial charge in [-0.2, -0.15) is 0 Å². The molecule has 1 rings (SSSR count). The maximum Gasteiger partial charge on any atom is 0.267 e. The quantitative estimate of drug-likeness (QED) is 0.885. The summed E-state index contributed by atoms with van der Waals surface area (Å²) in [6, 6.07) is 0. The van der Waals surface area contributed by atoms with Gasteiger partial charge in [0.25, 0.3) is 5.56 Å². The van der Waals surface area contributed by atoms with E-state index in [0.717, 1.165) is 0 Å². The summed E-state index contributed by atoms with van der Waals surface area (Å²) in [5.74, 6) is 0. The van der Waals surface area contributed by atoms with E-state index in [-0.39, 0.29) is 5.56 Å². The number of halogens is 1. The van der Waals surface area contributed by atoms with E-state index in [4.69, 9.17) is 5.11 Å². The summed E-state index contributed by atoms with van der Waals surface area (Å²) in [7, 11) is 0. The second kappa shape index (κ2) is 4.70. The van der Waals surface area contributed by atoms with Crippen molar-refractivity contribution in [3.8, 4) is 0 Å². The van der Waals surface area contributed by atoms with Crippen LogP contribution in [0.5, 0.6) is 0 Å². The number of aromatic nitrogens is 2. The van der Waals surface area contributed by atoms with Crippen molar-refractivity contribution in [2.45, 2.75) is 32.9 Å². The highest BCUT2D eigenvalue weighted by atomic mass is 79.9. The molecule has 0 spiro atoms. The van der Waals surface area contributed by atoms with Gasteiger partial charge in [0, 0.05) is 6.54 Å². The molecule has 0 bridgehead atoms. The zero-order valence-corrected chi connectivity index (χ0v) is 9.78. The van der Waals surface area contributed by atoms with Gasteiger partial charge in [0.15, 0.2) is 0 Å². The van der Waals surface area contributed by atoms with Crippen LogP contribution < -0.4 is 5.56 Å². The Morgan fingerprint density at radius 3 is 2.93 bits per heavy atom. The lowest BCUT2D eigenvalue weighted by Crippen LogP contribution is -2.23. The molecule has 0 aromatic carbocycles. The number of aliphatic hydroxyl groups is 1. The topological polar surface area (TPSA) is 55.1 Å². The Bertz CT molecular complexity index is 374. The maximum absolute atomic E-state index is 11.6. The molecule has 0 aliphatic carbocycles. The predicted molar refractivity (Wildman–Crippen MR) is 57.2 cm³/mol. The number of aryl methyl sites for hydroxylation is 2. The minimum Gasteiger partial charge on any atom is -0.393 e. The molecule has 0 saturated carbocycles. The molecule has 0 aliphatic heterocycles. The molecule has 4 nitrogen and oxygen atoms in total. The van der Waals surface area contributed by atoms with Crippen molar-refractivity contribution in [1.82, 2.24) is 9.55 Å². The van der Waals surface area contributed by atoms with Gasteiger partial charge in [-0.15, -0.1) is 0 Å². The minimum absolute atomic E-state index is 0.0989. The molecule has 1 N–H and O–H groups in total. The van der Waals surface area contributed by atoms with E-state index in [1.54, 1.807) is 13.8 Å². The summed E-state index contributed by atoms with van der Waals surface area (Å²) < 4.78 is 1.98. The highest BCUT2D eigenvalue weighted by molar-refractivity contribution is 9.10. The van der Waals surface area contributed by atoms with Crippen LogP contribution in [0.4, 0.5) is 0 Å². The lowest BCUT2D eigenvalue weighted by molar-refractivity contribution is 0.177. The van der Waals surface area contributed by atoms with E-state index in [1.807, 2.05) is 0 Å². The van der Waals surface area contributed by atoms with Crippen LogP contribution in [0.25, 0.3) is 0 Å². The van der Waals surface area contributed by atoms with Gasteiger partial charge in [0.2, 0.25) is 0 Å². The number of hydrogen-bond donors (Lipinski definition) is 1. The Labute approximate surface area is 90.7 Å². The number of aliphatic hydroxyl groups excluding tert-OH is 1. The van der Waals surface area contributed by atoms with Crippen LogP contribution in [-0.4, -0.2) is 20.8 Å². The van der Waals surface area contributed by atoms with Crippen molar-refractivity contribution in [3.63, 3.8) is 0 Å². The molecule has 14 heavy (non-hydrogen) atoms. The zero-order valence-electron chi connectivity index (χ0n) is 8.20. The Morgan fingerprint density at radius 1 is 1.71 bits per heavy atom. The molecule has 1 atom stereocenters. The summed E-state index contributed by atoms with van der Waals surface area (Å²) in [5.41, 5.74) is 0.585. The van der Waals surface area contributed by atoms with Gasteiger partial charge in [-0.05, 0) is 36.2 Å². The average molecular weight is 261 g/mol. The Hall–Kier alpha value is -0.680. The standard InChI is InChI=1S/C9H13BrN2O2/c1-6(13)3-4-12-5-11-7(2)8(10)9(12)14/h5-6,13H,3-4H2,1-2H3. The first-order valence-corrected chi connectivity index (χ1v) is 5.21. The first kappa shape index (κ1) is 11.4. The Kier molecular flexibility index (Phi) is 3.83. The second-order valence-corrected chi connectivity index (χ2v) is 4.07. The van der Waals surface area contributed by atoms with Gasteiger partial charge in [-0.1, -0.05) is 0 Å². The number of hydrogen-bond acceptors (Lipinski definition) is 3. The molecule has 0 fully saturated rings. The first-order chi connectivity index (χ1) is 6.52. The van der Waals surface area contributed by atoms with Crippen LogP contribution >= 0.6 is 15.9 Å². The molecule has 78 valence electrons. The third-order valence-corrected chi connectivity index (χ3v) is 2.86. The first-order valence-electron chi connectivity index (χ1n) is 4.42. The SMILES string of the molecule is Cc1ncn(CCC(C)O)c(=O)c1Br. The van der Waals surface area contributed by atoms with E-state index >= 15 is 0 Å². The summed E-state index contributed by atoms with van der Waals surface area (Å²) >= 11 is 3.18. The fraction of sp³-hybridized carbons (Fsp3) is 0.556. The second-order valence-electron chi connectivity index (χ2n) is 3.28. The maximum atomic E-state index is 11.6. The molecule has 1 unspecified atom stereocenters. The molecule has 1 heterocycles. The van der Waals surface area contributed by atoms with E-state index in [2.05, 4.69) is 20.9 Å². The molecule has 0 radical (unpaired) electrons. The highest BCUT2D eigenvalue weighted by Gasteiger charge is 2.05. The molecule has 1 aromatic rings. The number of rotatable bonds is 3. The van der Waals surface area contributed by atoms with Crippen LogP contribution in [0.1, 0.15) is 19.0 Å². The smallest absolute Gasteiger partial charge is 0.267 e. The van der Waals surface area contributed by atoms with E-state index in [0.29, 0.717) is 23.1 Å². The summed E-state index contributed by atoms with van der Waals surface area (Å²) in [6.45, 7) is 3.95. The molecular weight excluding hydrogens is 248 g/mol. The molecule has 5 heteroatoms. The van der Waals surface area contributed by atoms with Gasteiger partial charge in [0.1, 0.15) is 4.47 Å². The largest absolute Gasteiger partial charge is 0.393 e. The van der Waals surface area contributed by atoms with E-state index in [9.17, 15) is 4.79 Å². The summed E-state index contributed by atoms with van der Waals surface area (Å²) in [6.07, 6.45) is 1.66. The van der Waals surface area contributed by atoms with Crippen LogP contribution in [-0.2, 0) is 6.54 Å². The van der Waals surface area contributed by atoms with Crippen LogP contribution in [0.2, 0.25) is 0 Å². The fourth-order valence-corrected chi connectivity index (χ4v) is 1.36. The third kappa shape index (κ3) is 2.65. The van der Waals surface area contributed by atoms with Crippen molar-refractivity contribution in [1.29, 1.82) is 0 Å². The van der Waals surface area contributed by atoms with Gasteiger partial charge >= 0.3 is 0 Å². The summed E-state index contributed by atoms with van der Waals surface area (Å²) in [5, 5.41) is 9.08. The van der Waals surface area contributed by atoms with Gasteiger partial charge in [-0.3, -0.25) is 9.36 Å². The Morgan fingerprint density at radius 2 is 2.36 bits per heavy atom. The lowest BCUT2D eigenvalue weighted by atomic mass is 10.3. The van der Waals surface area contributed by atoms with Crippen LogP contribution in [0, 0.1) is 6.92 Å².